The quantitative estimate of drug-likeness (QED) is 0.745. The van der Waals surface area contributed by atoms with Crippen LogP contribution in [0.15, 0.2) is 22.9 Å². The molecule has 0 spiro atoms. The zero-order valence-corrected chi connectivity index (χ0v) is 16.8. The van der Waals surface area contributed by atoms with Crippen molar-refractivity contribution in [2.24, 2.45) is 5.92 Å². The van der Waals surface area contributed by atoms with Crippen LogP contribution in [0.25, 0.3) is 0 Å². The Morgan fingerprint density at radius 1 is 1.39 bits per heavy atom. The Hall–Kier alpha value is -2.68. The van der Waals surface area contributed by atoms with Crippen molar-refractivity contribution < 1.29 is 14.1 Å². The fourth-order valence-electron chi connectivity index (χ4n) is 3.31. The normalized spacial score (nSPS) is 19.5. The first-order chi connectivity index (χ1) is 13.4. The number of aryl methyl sites for hydroxylation is 1. The molecular weight excluding hydrogens is 360 g/mol. The molecular formula is C19H28N6O3. The number of carbonyl (C=O) groups is 1. The molecule has 1 aliphatic rings. The SMILES string of the molecule is Cc1cc(NC(=O)CN(C)c2nccc(N[C@@H]3CCCO[C@@H]3C(C)C)n2)no1. The van der Waals surface area contributed by atoms with Gasteiger partial charge in [0.15, 0.2) is 5.82 Å². The van der Waals surface area contributed by atoms with Crippen LogP contribution in [0.2, 0.25) is 0 Å². The molecule has 2 aromatic heterocycles. The van der Waals surface area contributed by atoms with E-state index in [2.05, 4.69) is 39.6 Å². The minimum absolute atomic E-state index is 0.0938. The third-order valence-corrected chi connectivity index (χ3v) is 4.62. The maximum Gasteiger partial charge on any atom is 0.245 e. The van der Waals surface area contributed by atoms with Crippen LogP contribution in [0.1, 0.15) is 32.4 Å². The molecule has 3 heterocycles. The highest BCUT2D eigenvalue weighted by atomic mass is 16.5. The van der Waals surface area contributed by atoms with Crippen molar-refractivity contribution in [2.45, 2.75) is 45.8 Å². The lowest BCUT2D eigenvalue weighted by atomic mass is 9.94. The Morgan fingerprint density at radius 3 is 2.93 bits per heavy atom. The van der Waals surface area contributed by atoms with Gasteiger partial charge in [-0.15, -0.1) is 0 Å². The van der Waals surface area contributed by atoms with Gasteiger partial charge < -0.3 is 24.8 Å². The van der Waals surface area contributed by atoms with Crippen LogP contribution < -0.4 is 15.5 Å². The van der Waals surface area contributed by atoms with E-state index in [1.165, 1.54) is 0 Å². The van der Waals surface area contributed by atoms with Crippen molar-refractivity contribution >= 4 is 23.5 Å². The molecule has 1 amide bonds. The summed E-state index contributed by atoms with van der Waals surface area (Å²) in [6.45, 7) is 7.00. The van der Waals surface area contributed by atoms with Gasteiger partial charge in [-0.3, -0.25) is 4.79 Å². The maximum absolute atomic E-state index is 12.2. The number of rotatable bonds is 7. The molecule has 0 aliphatic carbocycles. The van der Waals surface area contributed by atoms with Gasteiger partial charge in [0, 0.05) is 25.9 Å². The first-order valence-corrected chi connectivity index (χ1v) is 9.58. The zero-order valence-electron chi connectivity index (χ0n) is 16.8. The van der Waals surface area contributed by atoms with Crippen molar-refractivity contribution in [2.75, 3.05) is 35.7 Å². The number of nitrogens with one attached hydrogen (secondary N) is 2. The van der Waals surface area contributed by atoms with Crippen LogP contribution in [0.3, 0.4) is 0 Å². The van der Waals surface area contributed by atoms with E-state index < -0.39 is 0 Å². The number of likely N-dealkylation sites (N-methyl/N-ethyl adjacent to an activating group) is 1. The van der Waals surface area contributed by atoms with E-state index in [4.69, 9.17) is 9.26 Å². The number of nitrogens with zero attached hydrogens (tertiary/aromatic N) is 4. The predicted molar refractivity (Wildman–Crippen MR) is 106 cm³/mol. The van der Waals surface area contributed by atoms with Gasteiger partial charge in [0.25, 0.3) is 0 Å². The molecule has 3 rings (SSSR count). The highest BCUT2D eigenvalue weighted by molar-refractivity contribution is 5.92. The first kappa shape index (κ1) is 20.1. The van der Waals surface area contributed by atoms with E-state index in [0.29, 0.717) is 23.4 Å². The Kier molecular flexibility index (Phi) is 6.45. The van der Waals surface area contributed by atoms with Crippen molar-refractivity contribution in [1.29, 1.82) is 0 Å². The molecule has 0 aromatic carbocycles. The zero-order chi connectivity index (χ0) is 20.1. The van der Waals surface area contributed by atoms with E-state index >= 15 is 0 Å². The minimum Gasteiger partial charge on any atom is -0.376 e. The maximum atomic E-state index is 12.2. The van der Waals surface area contributed by atoms with Crippen LogP contribution in [0, 0.1) is 12.8 Å². The van der Waals surface area contributed by atoms with Gasteiger partial charge in [-0.05, 0) is 31.7 Å². The summed E-state index contributed by atoms with van der Waals surface area (Å²) < 4.78 is 10.9. The van der Waals surface area contributed by atoms with Crippen molar-refractivity contribution in [3.05, 3.63) is 24.1 Å². The monoisotopic (exact) mass is 388 g/mol. The number of amides is 1. The Morgan fingerprint density at radius 2 is 2.21 bits per heavy atom. The van der Waals surface area contributed by atoms with Crippen LogP contribution in [-0.2, 0) is 9.53 Å². The highest BCUT2D eigenvalue weighted by Crippen LogP contribution is 2.23. The molecule has 2 N–H and O–H groups in total. The summed E-state index contributed by atoms with van der Waals surface area (Å²) >= 11 is 0. The molecule has 2 atom stereocenters. The second-order valence-corrected chi connectivity index (χ2v) is 7.44. The summed E-state index contributed by atoms with van der Waals surface area (Å²) in [7, 11) is 1.77. The molecule has 9 nitrogen and oxygen atoms in total. The van der Waals surface area contributed by atoms with Gasteiger partial charge in [0.1, 0.15) is 11.6 Å². The summed E-state index contributed by atoms with van der Waals surface area (Å²) in [5.74, 6) is 2.42. The summed E-state index contributed by atoms with van der Waals surface area (Å²) in [5.41, 5.74) is 0. The standard InChI is InChI=1S/C19H28N6O3/c1-12(2)18-14(6-5-9-27-18)21-15-7-8-20-19(23-15)25(4)11-17(26)22-16-10-13(3)28-24-16/h7-8,10,12,14,18H,5-6,9,11H2,1-4H3,(H,20,21,23)(H,22,24,26)/t14-,18-/m1/s1. The lowest BCUT2D eigenvalue weighted by molar-refractivity contribution is -0.115. The molecule has 1 aliphatic heterocycles. The number of ether oxygens (including phenoxy) is 1. The van der Waals surface area contributed by atoms with Crippen molar-refractivity contribution in [3.8, 4) is 0 Å². The fourth-order valence-corrected chi connectivity index (χ4v) is 3.31. The third kappa shape index (κ3) is 5.19. The summed E-state index contributed by atoms with van der Waals surface area (Å²) in [4.78, 5) is 22.7. The van der Waals surface area contributed by atoms with Gasteiger partial charge in [-0.25, -0.2) is 4.98 Å². The van der Waals surface area contributed by atoms with Crippen molar-refractivity contribution in [3.63, 3.8) is 0 Å². The predicted octanol–water partition coefficient (Wildman–Crippen LogP) is 2.46. The largest absolute Gasteiger partial charge is 0.376 e. The van der Waals surface area contributed by atoms with E-state index in [1.54, 1.807) is 31.1 Å². The highest BCUT2D eigenvalue weighted by Gasteiger charge is 2.28. The Balaban J connectivity index is 1.60. The van der Waals surface area contributed by atoms with Gasteiger partial charge in [-0.1, -0.05) is 19.0 Å². The average Bonchev–Trinajstić information content (AvgIpc) is 3.06. The Bertz CT molecular complexity index is 793. The minimum atomic E-state index is -0.224. The summed E-state index contributed by atoms with van der Waals surface area (Å²) in [5, 5.41) is 9.92. The summed E-state index contributed by atoms with van der Waals surface area (Å²) in [6, 6.07) is 3.71. The number of carbonyl (C=O) groups excluding carboxylic acids is 1. The number of hydrogen-bond acceptors (Lipinski definition) is 8. The van der Waals surface area contributed by atoms with Gasteiger partial charge in [0.2, 0.25) is 11.9 Å². The van der Waals surface area contributed by atoms with E-state index in [0.717, 1.165) is 25.3 Å². The van der Waals surface area contributed by atoms with Crippen molar-refractivity contribution in [1.82, 2.24) is 15.1 Å². The third-order valence-electron chi connectivity index (χ3n) is 4.62. The fraction of sp³-hybridized carbons (Fsp3) is 0.579. The smallest absolute Gasteiger partial charge is 0.245 e. The lowest BCUT2D eigenvalue weighted by Crippen LogP contribution is -2.43. The Labute approximate surface area is 164 Å². The number of anilines is 3. The molecule has 0 radical (unpaired) electrons. The molecule has 1 saturated heterocycles. The lowest BCUT2D eigenvalue weighted by Gasteiger charge is -2.35. The summed E-state index contributed by atoms with van der Waals surface area (Å²) in [6.07, 6.45) is 3.91. The van der Waals surface area contributed by atoms with Crippen LogP contribution >= 0.6 is 0 Å². The topological polar surface area (TPSA) is 105 Å². The number of aromatic nitrogens is 3. The molecule has 0 saturated carbocycles. The number of hydrogen-bond donors (Lipinski definition) is 2. The van der Waals surface area contributed by atoms with E-state index in [-0.39, 0.29) is 24.6 Å². The van der Waals surface area contributed by atoms with Gasteiger partial charge in [-0.2, -0.15) is 4.98 Å². The molecule has 2 aromatic rings. The molecule has 0 unspecified atom stereocenters. The van der Waals surface area contributed by atoms with Gasteiger partial charge in [0.05, 0.1) is 18.7 Å². The molecule has 1 fully saturated rings. The average molecular weight is 388 g/mol. The van der Waals surface area contributed by atoms with E-state index in [1.807, 2.05) is 6.07 Å². The second kappa shape index (κ2) is 9.01. The molecule has 0 bridgehead atoms. The van der Waals surface area contributed by atoms with Gasteiger partial charge >= 0.3 is 0 Å². The van der Waals surface area contributed by atoms with Crippen LogP contribution in [0.5, 0.6) is 0 Å². The van der Waals surface area contributed by atoms with Crippen LogP contribution in [0.4, 0.5) is 17.6 Å². The first-order valence-electron chi connectivity index (χ1n) is 9.58. The molecule has 28 heavy (non-hydrogen) atoms. The van der Waals surface area contributed by atoms with Crippen LogP contribution in [-0.4, -0.2) is 53.4 Å². The second-order valence-electron chi connectivity index (χ2n) is 7.44. The van der Waals surface area contributed by atoms with E-state index in [9.17, 15) is 4.79 Å². The molecule has 152 valence electrons. The molecule has 9 heteroatoms.